The van der Waals surface area contributed by atoms with Crippen molar-refractivity contribution >= 4 is 31.6 Å². The van der Waals surface area contributed by atoms with Crippen molar-refractivity contribution in [1.82, 2.24) is 0 Å². The van der Waals surface area contributed by atoms with Gasteiger partial charge in [-0.3, -0.25) is 4.72 Å². The van der Waals surface area contributed by atoms with Crippen molar-refractivity contribution < 1.29 is 8.42 Å². The number of nitrogens with one attached hydrogen (secondary N) is 1. The highest BCUT2D eigenvalue weighted by Gasteiger charge is 2.19. The Bertz CT molecular complexity index is 884. The monoisotopic (exact) mass is 392 g/mol. The lowest BCUT2D eigenvalue weighted by Gasteiger charge is -2.17. The molecule has 0 aliphatic rings. The lowest BCUT2D eigenvalue weighted by molar-refractivity contribution is 0.601. The number of hydrogen-bond acceptors (Lipinski definition) is 3. The molecular weight excluding hydrogens is 376 g/mol. The minimum absolute atomic E-state index is 0.0568. The standard InChI is InChI=1S/C17H17BrN2O2S/c1-11(2)16-6-4-5-12(3)17(16)20-23(21,22)15-8-13(10-19)7-14(18)9-15/h4-9,11,20H,1-3H3. The summed E-state index contributed by atoms with van der Waals surface area (Å²) < 4.78 is 28.6. The maximum atomic E-state index is 12.7. The van der Waals surface area contributed by atoms with Crippen LogP contribution in [0.4, 0.5) is 5.69 Å². The van der Waals surface area contributed by atoms with E-state index in [2.05, 4.69) is 20.7 Å². The fourth-order valence-corrected chi connectivity index (χ4v) is 4.16. The van der Waals surface area contributed by atoms with E-state index in [0.29, 0.717) is 10.2 Å². The number of aryl methyl sites for hydroxylation is 1. The lowest BCUT2D eigenvalue weighted by atomic mass is 9.99. The van der Waals surface area contributed by atoms with Crippen LogP contribution in [0.1, 0.15) is 36.5 Å². The number of nitriles is 1. The summed E-state index contributed by atoms with van der Waals surface area (Å²) in [5.41, 5.74) is 2.67. The summed E-state index contributed by atoms with van der Waals surface area (Å²) in [4.78, 5) is 0.0568. The van der Waals surface area contributed by atoms with Crippen LogP contribution in [0, 0.1) is 18.3 Å². The van der Waals surface area contributed by atoms with Gasteiger partial charge in [-0.15, -0.1) is 0 Å². The van der Waals surface area contributed by atoms with Gasteiger partial charge in [0.25, 0.3) is 10.0 Å². The van der Waals surface area contributed by atoms with Crippen molar-refractivity contribution in [3.8, 4) is 6.07 Å². The second kappa shape index (κ2) is 6.73. The topological polar surface area (TPSA) is 70.0 Å². The lowest BCUT2D eigenvalue weighted by Crippen LogP contribution is -2.16. The van der Waals surface area contributed by atoms with Gasteiger partial charge in [0, 0.05) is 4.47 Å². The van der Waals surface area contributed by atoms with Gasteiger partial charge in [-0.1, -0.05) is 48.0 Å². The fourth-order valence-electron chi connectivity index (χ4n) is 2.29. The number of para-hydroxylation sites is 1. The molecule has 0 heterocycles. The van der Waals surface area contributed by atoms with E-state index in [0.717, 1.165) is 11.1 Å². The highest BCUT2D eigenvalue weighted by Crippen LogP contribution is 2.30. The molecule has 0 amide bonds. The van der Waals surface area contributed by atoms with Gasteiger partial charge in [0.05, 0.1) is 22.2 Å². The maximum Gasteiger partial charge on any atom is 0.261 e. The van der Waals surface area contributed by atoms with E-state index in [9.17, 15) is 8.42 Å². The van der Waals surface area contributed by atoms with Gasteiger partial charge < -0.3 is 0 Å². The van der Waals surface area contributed by atoms with Crippen LogP contribution in [-0.2, 0) is 10.0 Å². The van der Waals surface area contributed by atoms with Crippen molar-refractivity contribution in [1.29, 1.82) is 5.26 Å². The van der Waals surface area contributed by atoms with Gasteiger partial charge in [-0.2, -0.15) is 5.26 Å². The zero-order valence-electron chi connectivity index (χ0n) is 13.1. The number of rotatable bonds is 4. The average molecular weight is 393 g/mol. The smallest absolute Gasteiger partial charge is 0.261 e. The molecule has 0 radical (unpaired) electrons. The second-order valence-corrected chi connectivity index (χ2v) is 8.18. The van der Waals surface area contributed by atoms with Gasteiger partial charge >= 0.3 is 0 Å². The Morgan fingerprint density at radius 2 is 1.91 bits per heavy atom. The summed E-state index contributed by atoms with van der Waals surface area (Å²) in [5, 5.41) is 9.02. The number of hydrogen-bond donors (Lipinski definition) is 1. The second-order valence-electron chi connectivity index (χ2n) is 5.59. The van der Waals surface area contributed by atoms with E-state index in [-0.39, 0.29) is 16.4 Å². The molecule has 2 aromatic carbocycles. The molecule has 0 spiro atoms. The van der Waals surface area contributed by atoms with Gasteiger partial charge in [-0.25, -0.2) is 8.42 Å². The average Bonchev–Trinajstić information content (AvgIpc) is 2.48. The molecule has 0 saturated heterocycles. The predicted octanol–water partition coefficient (Wildman–Crippen LogP) is 4.55. The third-order valence-corrected chi connectivity index (χ3v) is 5.26. The molecule has 0 bridgehead atoms. The van der Waals surface area contributed by atoms with Gasteiger partial charge in [0.15, 0.2) is 0 Å². The zero-order valence-corrected chi connectivity index (χ0v) is 15.5. The Labute approximate surface area is 145 Å². The molecular formula is C17H17BrN2O2S. The van der Waals surface area contributed by atoms with E-state index >= 15 is 0 Å². The van der Waals surface area contributed by atoms with Crippen LogP contribution >= 0.6 is 15.9 Å². The van der Waals surface area contributed by atoms with E-state index in [1.165, 1.54) is 12.1 Å². The minimum Gasteiger partial charge on any atom is -0.279 e. The first kappa shape index (κ1) is 17.5. The molecule has 4 nitrogen and oxygen atoms in total. The molecule has 0 unspecified atom stereocenters. The van der Waals surface area contributed by atoms with Crippen LogP contribution in [0.15, 0.2) is 45.8 Å². The number of benzene rings is 2. The maximum absolute atomic E-state index is 12.7. The van der Waals surface area contributed by atoms with Gasteiger partial charge in [-0.05, 0) is 42.2 Å². The largest absolute Gasteiger partial charge is 0.279 e. The zero-order chi connectivity index (χ0) is 17.2. The highest BCUT2D eigenvalue weighted by molar-refractivity contribution is 9.10. The Morgan fingerprint density at radius 3 is 2.52 bits per heavy atom. The number of nitrogens with zero attached hydrogens (tertiary/aromatic N) is 1. The van der Waals surface area contributed by atoms with Crippen molar-refractivity contribution in [2.75, 3.05) is 4.72 Å². The third kappa shape index (κ3) is 3.92. The summed E-state index contributed by atoms with van der Waals surface area (Å²) in [7, 11) is -3.78. The molecule has 2 rings (SSSR count). The summed E-state index contributed by atoms with van der Waals surface area (Å²) in [6, 6.07) is 12.1. The molecule has 0 saturated carbocycles. The van der Waals surface area contributed by atoms with Crippen LogP contribution < -0.4 is 4.72 Å². The van der Waals surface area contributed by atoms with Crippen LogP contribution in [0.2, 0.25) is 0 Å². The van der Waals surface area contributed by atoms with Crippen LogP contribution in [0.5, 0.6) is 0 Å². The molecule has 6 heteroatoms. The van der Waals surface area contributed by atoms with Crippen LogP contribution in [0.25, 0.3) is 0 Å². The fraction of sp³-hybridized carbons (Fsp3) is 0.235. The summed E-state index contributed by atoms with van der Waals surface area (Å²) in [6.07, 6.45) is 0. The Balaban J connectivity index is 2.52. The van der Waals surface area contributed by atoms with Crippen LogP contribution in [-0.4, -0.2) is 8.42 Å². The van der Waals surface area contributed by atoms with Crippen molar-refractivity contribution in [3.05, 3.63) is 57.6 Å². The minimum atomic E-state index is -3.78. The summed E-state index contributed by atoms with van der Waals surface area (Å²) in [5.74, 6) is 0.185. The molecule has 1 N–H and O–H groups in total. The molecule has 120 valence electrons. The van der Waals surface area contributed by atoms with Crippen LogP contribution in [0.3, 0.4) is 0 Å². The van der Waals surface area contributed by atoms with Gasteiger partial charge in [0.1, 0.15) is 0 Å². The highest BCUT2D eigenvalue weighted by atomic mass is 79.9. The molecule has 0 aliphatic carbocycles. The number of sulfonamides is 1. The molecule has 0 aromatic heterocycles. The predicted molar refractivity (Wildman–Crippen MR) is 94.9 cm³/mol. The Kier molecular flexibility index (Phi) is 5.12. The van der Waals surface area contributed by atoms with E-state index < -0.39 is 10.0 Å². The molecule has 0 atom stereocenters. The van der Waals surface area contributed by atoms with Crippen molar-refractivity contribution in [2.24, 2.45) is 0 Å². The SMILES string of the molecule is Cc1cccc(C(C)C)c1NS(=O)(=O)c1cc(Br)cc(C#N)c1. The summed E-state index contributed by atoms with van der Waals surface area (Å²) in [6.45, 7) is 5.89. The quantitative estimate of drug-likeness (QED) is 0.828. The van der Waals surface area contributed by atoms with Crippen molar-refractivity contribution in [2.45, 2.75) is 31.6 Å². The first-order valence-electron chi connectivity index (χ1n) is 7.07. The first-order valence-corrected chi connectivity index (χ1v) is 9.35. The third-order valence-electron chi connectivity index (χ3n) is 3.47. The Morgan fingerprint density at radius 1 is 1.22 bits per heavy atom. The van der Waals surface area contributed by atoms with Gasteiger partial charge in [0.2, 0.25) is 0 Å². The van der Waals surface area contributed by atoms with E-state index in [4.69, 9.17) is 5.26 Å². The van der Waals surface area contributed by atoms with E-state index in [1.54, 1.807) is 6.07 Å². The number of halogens is 1. The molecule has 0 fully saturated rings. The van der Waals surface area contributed by atoms with E-state index in [1.807, 2.05) is 45.0 Å². The Hall–Kier alpha value is -1.84. The molecule has 2 aromatic rings. The molecule has 0 aliphatic heterocycles. The number of anilines is 1. The molecule has 23 heavy (non-hydrogen) atoms. The van der Waals surface area contributed by atoms with Crippen molar-refractivity contribution in [3.63, 3.8) is 0 Å². The normalized spacial score (nSPS) is 11.3. The summed E-state index contributed by atoms with van der Waals surface area (Å²) >= 11 is 3.24. The first-order chi connectivity index (χ1) is 10.7.